The fourth-order valence-electron chi connectivity index (χ4n) is 1.87. The fraction of sp³-hybridized carbons (Fsp3) is 0.267. The summed E-state index contributed by atoms with van der Waals surface area (Å²) in [5.74, 6) is -0.814. The zero-order valence-corrected chi connectivity index (χ0v) is 11.8. The lowest BCUT2D eigenvalue weighted by Gasteiger charge is -2.11. The minimum absolute atomic E-state index is 0.0999. The summed E-state index contributed by atoms with van der Waals surface area (Å²) in [7, 11) is 0. The highest BCUT2D eigenvalue weighted by molar-refractivity contribution is 5.86. The SMILES string of the molecule is CC(C)Nc1cc(C(=O)O)nc(Cc2ccccc2F)n1. The molecule has 2 rings (SSSR count). The summed E-state index contributed by atoms with van der Waals surface area (Å²) in [6, 6.07) is 7.76. The molecule has 1 aromatic heterocycles. The van der Waals surface area contributed by atoms with Crippen molar-refractivity contribution >= 4 is 11.8 Å². The third-order valence-corrected chi connectivity index (χ3v) is 2.73. The Kier molecular flexibility index (Phi) is 4.47. The number of rotatable bonds is 5. The number of nitrogens with zero attached hydrogens (tertiary/aromatic N) is 2. The number of aromatic nitrogens is 2. The normalized spacial score (nSPS) is 10.7. The van der Waals surface area contributed by atoms with Crippen molar-refractivity contribution in [2.45, 2.75) is 26.3 Å². The number of carboxylic acid groups (broad SMARTS) is 1. The number of anilines is 1. The second kappa shape index (κ2) is 6.30. The highest BCUT2D eigenvalue weighted by Crippen LogP contribution is 2.14. The van der Waals surface area contributed by atoms with Crippen LogP contribution >= 0.6 is 0 Å². The average molecular weight is 289 g/mol. The highest BCUT2D eigenvalue weighted by Gasteiger charge is 2.12. The van der Waals surface area contributed by atoms with Gasteiger partial charge in [0.15, 0.2) is 5.69 Å². The largest absolute Gasteiger partial charge is 0.477 e. The molecule has 0 aliphatic carbocycles. The molecule has 0 amide bonds. The van der Waals surface area contributed by atoms with Crippen LogP contribution < -0.4 is 5.32 Å². The van der Waals surface area contributed by atoms with Gasteiger partial charge in [0.05, 0.1) is 0 Å². The summed E-state index contributed by atoms with van der Waals surface area (Å²) in [4.78, 5) is 19.3. The number of nitrogens with one attached hydrogen (secondary N) is 1. The maximum atomic E-state index is 13.7. The molecule has 1 heterocycles. The first kappa shape index (κ1) is 14.9. The molecule has 0 atom stereocenters. The number of benzene rings is 1. The van der Waals surface area contributed by atoms with Crippen molar-refractivity contribution in [3.05, 3.63) is 53.2 Å². The molecule has 0 unspecified atom stereocenters. The van der Waals surface area contributed by atoms with Gasteiger partial charge >= 0.3 is 5.97 Å². The van der Waals surface area contributed by atoms with Crippen molar-refractivity contribution in [1.82, 2.24) is 9.97 Å². The van der Waals surface area contributed by atoms with Crippen LogP contribution in [0.3, 0.4) is 0 Å². The van der Waals surface area contributed by atoms with Crippen molar-refractivity contribution in [2.24, 2.45) is 0 Å². The molecule has 6 heteroatoms. The topological polar surface area (TPSA) is 75.1 Å². The van der Waals surface area contributed by atoms with Gasteiger partial charge in [-0.3, -0.25) is 0 Å². The smallest absolute Gasteiger partial charge is 0.354 e. The number of aromatic carboxylic acids is 1. The van der Waals surface area contributed by atoms with Crippen LogP contribution in [-0.4, -0.2) is 27.1 Å². The lowest BCUT2D eigenvalue weighted by Crippen LogP contribution is -2.15. The molecule has 1 aromatic carbocycles. The maximum Gasteiger partial charge on any atom is 0.354 e. The Hall–Kier alpha value is -2.50. The van der Waals surface area contributed by atoms with Gasteiger partial charge in [0.2, 0.25) is 0 Å². The van der Waals surface area contributed by atoms with Crippen molar-refractivity contribution in [3.63, 3.8) is 0 Å². The zero-order chi connectivity index (χ0) is 15.4. The molecule has 2 N–H and O–H groups in total. The van der Waals surface area contributed by atoms with Gasteiger partial charge in [-0.2, -0.15) is 0 Å². The predicted octanol–water partition coefficient (Wildman–Crippen LogP) is 2.73. The van der Waals surface area contributed by atoms with E-state index in [4.69, 9.17) is 5.11 Å². The Morgan fingerprint density at radius 1 is 1.33 bits per heavy atom. The Balaban J connectivity index is 2.36. The fourth-order valence-corrected chi connectivity index (χ4v) is 1.87. The van der Waals surface area contributed by atoms with Crippen LogP contribution in [0.2, 0.25) is 0 Å². The first-order chi connectivity index (χ1) is 9.95. The Bertz CT molecular complexity index is 659. The summed E-state index contributed by atoms with van der Waals surface area (Å²) in [6.07, 6.45) is 0.139. The van der Waals surface area contributed by atoms with Crippen LogP contribution in [0.15, 0.2) is 30.3 Å². The van der Waals surface area contributed by atoms with Gasteiger partial charge in [-0.25, -0.2) is 19.2 Å². The van der Waals surface area contributed by atoms with Crippen LogP contribution in [0.25, 0.3) is 0 Å². The second-order valence-corrected chi connectivity index (χ2v) is 4.93. The molecule has 0 radical (unpaired) electrons. The number of hydrogen-bond donors (Lipinski definition) is 2. The first-order valence-electron chi connectivity index (χ1n) is 6.57. The molecule has 21 heavy (non-hydrogen) atoms. The van der Waals surface area contributed by atoms with Gasteiger partial charge in [0, 0.05) is 18.5 Å². The molecule has 5 nitrogen and oxygen atoms in total. The summed E-state index contributed by atoms with van der Waals surface area (Å²) in [6.45, 7) is 3.83. The van der Waals surface area contributed by atoms with E-state index in [0.29, 0.717) is 11.4 Å². The van der Waals surface area contributed by atoms with Crippen LogP contribution in [0.4, 0.5) is 10.2 Å². The molecule has 0 fully saturated rings. The van der Waals surface area contributed by atoms with Gasteiger partial charge in [-0.05, 0) is 25.5 Å². The number of halogens is 1. The molecule has 0 saturated carbocycles. The van der Waals surface area contributed by atoms with E-state index >= 15 is 0 Å². The Morgan fingerprint density at radius 3 is 2.67 bits per heavy atom. The van der Waals surface area contributed by atoms with Gasteiger partial charge in [-0.15, -0.1) is 0 Å². The molecule has 0 spiro atoms. The van der Waals surface area contributed by atoms with Crippen molar-refractivity contribution in [2.75, 3.05) is 5.32 Å². The summed E-state index contributed by atoms with van der Waals surface area (Å²) in [5.41, 5.74) is 0.315. The highest BCUT2D eigenvalue weighted by atomic mass is 19.1. The molecular formula is C15H16FN3O2. The van der Waals surface area contributed by atoms with Crippen LogP contribution in [0.5, 0.6) is 0 Å². The van der Waals surface area contributed by atoms with E-state index in [2.05, 4.69) is 15.3 Å². The minimum atomic E-state index is -1.14. The lowest BCUT2D eigenvalue weighted by molar-refractivity contribution is 0.0690. The van der Waals surface area contributed by atoms with E-state index < -0.39 is 5.97 Å². The van der Waals surface area contributed by atoms with E-state index in [9.17, 15) is 9.18 Å². The van der Waals surface area contributed by atoms with E-state index in [1.54, 1.807) is 18.2 Å². The van der Waals surface area contributed by atoms with E-state index in [1.807, 2.05) is 13.8 Å². The van der Waals surface area contributed by atoms with Crippen LogP contribution in [0.1, 0.15) is 35.7 Å². The predicted molar refractivity (Wildman–Crippen MR) is 77.0 cm³/mol. The molecule has 0 bridgehead atoms. The molecule has 2 aromatic rings. The standard InChI is InChI=1S/C15H16FN3O2/c1-9(2)17-14-8-12(15(20)21)18-13(19-14)7-10-5-3-4-6-11(10)16/h3-6,8-9H,7H2,1-2H3,(H,20,21)(H,17,18,19). The van der Waals surface area contributed by atoms with Gasteiger partial charge in [0.1, 0.15) is 17.5 Å². The lowest BCUT2D eigenvalue weighted by atomic mass is 10.1. The number of carboxylic acids is 1. The van der Waals surface area contributed by atoms with Crippen molar-refractivity contribution in [3.8, 4) is 0 Å². The maximum absolute atomic E-state index is 13.7. The summed E-state index contributed by atoms with van der Waals surface area (Å²) < 4.78 is 13.7. The molecule has 0 aliphatic rings. The van der Waals surface area contributed by atoms with Crippen molar-refractivity contribution < 1.29 is 14.3 Å². The second-order valence-electron chi connectivity index (χ2n) is 4.93. The molecule has 0 saturated heterocycles. The zero-order valence-electron chi connectivity index (χ0n) is 11.8. The monoisotopic (exact) mass is 289 g/mol. The van der Waals surface area contributed by atoms with Gasteiger partial charge < -0.3 is 10.4 Å². The van der Waals surface area contributed by atoms with Crippen LogP contribution in [0, 0.1) is 5.82 Å². The first-order valence-corrected chi connectivity index (χ1v) is 6.57. The Labute approximate surface area is 121 Å². The third-order valence-electron chi connectivity index (χ3n) is 2.73. The summed E-state index contributed by atoms with van der Waals surface area (Å²) >= 11 is 0. The minimum Gasteiger partial charge on any atom is -0.477 e. The Morgan fingerprint density at radius 2 is 2.05 bits per heavy atom. The molecule has 110 valence electrons. The van der Waals surface area contributed by atoms with Crippen molar-refractivity contribution in [1.29, 1.82) is 0 Å². The van der Waals surface area contributed by atoms with E-state index in [1.165, 1.54) is 12.1 Å². The van der Waals surface area contributed by atoms with E-state index in [0.717, 1.165) is 0 Å². The third kappa shape index (κ3) is 3.98. The summed E-state index contributed by atoms with van der Waals surface area (Å²) in [5, 5.41) is 12.1. The van der Waals surface area contributed by atoms with Crippen LogP contribution in [-0.2, 0) is 6.42 Å². The molecule has 0 aliphatic heterocycles. The van der Waals surface area contributed by atoms with E-state index in [-0.39, 0.29) is 29.8 Å². The number of hydrogen-bond acceptors (Lipinski definition) is 4. The number of carbonyl (C=O) groups is 1. The average Bonchev–Trinajstić information content (AvgIpc) is 2.40. The quantitative estimate of drug-likeness (QED) is 0.885. The van der Waals surface area contributed by atoms with Gasteiger partial charge in [-0.1, -0.05) is 18.2 Å². The van der Waals surface area contributed by atoms with Gasteiger partial charge in [0.25, 0.3) is 0 Å². The molecular weight excluding hydrogens is 273 g/mol.